The Labute approximate surface area is 113 Å². The molecule has 1 aromatic rings. The molecule has 20 heavy (non-hydrogen) atoms. The minimum atomic E-state index is -0.658. The van der Waals surface area contributed by atoms with Crippen LogP contribution in [0.5, 0.6) is 0 Å². The lowest BCUT2D eigenvalue weighted by Gasteiger charge is -2.19. The van der Waals surface area contributed by atoms with Gasteiger partial charge >= 0.3 is 17.6 Å². The van der Waals surface area contributed by atoms with Crippen molar-refractivity contribution >= 4 is 23.6 Å². The maximum Gasteiger partial charge on any atom is 0.325 e. The molecule has 1 aromatic heterocycles. The Kier molecular flexibility index (Phi) is 5.32. The number of methoxy groups -OCH3 is 2. The standard InChI is InChI=1S/C10H12N4O6/c1-19-8(15)5-13(6-9(16)20-2)10-11-3-7(4-12-10)14(17)18/h3-4H,5-6H2,1-2H3. The van der Waals surface area contributed by atoms with Crippen LogP contribution >= 0.6 is 0 Å². The Morgan fingerprint density at radius 2 is 1.65 bits per heavy atom. The molecule has 10 heteroatoms. The zero-order valence-electron chi connectivity index (χ0n) is 10.8. The number of hydrogen-bond acceptors (Lipinski definition) is 9. The number of rotatable bonds is 6. The predicted molar refractivity (Wildman–Crippen MR) is 64.9 cm³/mol. The zero-order chi connectivity index (χ0) is 15.1. The third-order valence-corrected chi connectivity index (χ3v) is 2.21. The molecule has 0 aromatic carbocycles. The van der Waals surface area contributed by atoms with Crippen LogP contribution in [0, 0.1) is 10.1 Å². The fraction of sp³-hybridized carbons (Fsp3) is 0.400. The Balaban J connectivity index is 2.93. The van der Waals surface area contributed by atoms with Crippen LogP contribution in [-0.4, -0.2) is 54.1 Å². The highest BCUT2D eigenvalue weighted by Crippen LogP contribution is 2.12. The normalized spacial score (nSPS) is 9.70. The first-order chi connectivity index (χ1) is 9.47. The summed E-state index contributed by atoms with van der Waals surface area (Å²) in [6, 6.07) is 0. The summed E-state index contributed by atoms with van der Waals surface area (Å²) in [7, 11) is 2.38. The molecule has 0 saturated heterocycles. The third kappa shape index (κ3) is 4.15. The summed E-state index contributed by atoms with van der Waals surface area (Å²) < 4.78 is 8.97. The topological polar surface area (TPSA) is 125 Å². The molecule has 0 fully saturated rings. The van der Waals surface area contributed by atoms with Crippen LogP contribution in [0.15, 0.2) is 12.4 Å². The molecule has 0 aliphatic rings. The molecule has 0 saturated carbocycles. The Morgan fingerprint density at radius 1 is 1.20 bits per heavy atom. The molecule has 0 spiro atoms. The molecule has 0 unspecified atom stereocenters. The average Bonchev–Trinajstić information content (AvgIpc) is 2.46. The van der Waals surface area contributed by atoms with Crippen molar-refractivity contribution in [3.05, 3.63) is 22.5 Å². The number of esters is 2. The van der Waals surface area contributed by atoms with Gasteiger partial charge in [0.15, 0.2) is 0 Å². The van der Waals surface area contributed by atoms with Gasteiger partial charge in [0, 0.05) is 0 Å². The SMILES string of the molecule is COC(=O)CN(CC(=O)OC)c1ncc([N+](=O)[O-])cn1. The maximum absolute atomic E-state index is 11.3. The van der Waals surface area contributed by atoms with Gasteiger partial charge in [-0.15, -0.1) is 0 Å². The van der Waals surface area contributed by atoms with E-state index in [2.05, 4.69) is 19.4 Å². The molecular weight excluding hydrogens is 272 g/mol. The molecule has 0 aliphatic carbocycles. The number of hydrogen-bond donors (Lipinski definition) is 0. The van der Waals surface area contributed by atoms with Crippen LogP contribution in [-0.2, 0) is 19.1 Å². The van der Waals surface area contributed by atoms with E-state index in [1.165, 1.54) is 19.1 Å². The van der Waals surface area contributed by atoms with Crippen molar-refractivity contribution < 1.29 is 24.0 Å². The maximum atomic E-state index is 11.3. The number of aromatic nitrogens is 2. The molecule has 1 rings (SSSR count). The fourth-order valence-corrected chi connectivity index (χ4v) is 1.21. The zero-order valence-corrected chi connectivity index (χ0v) is 10.8. The van der Waals surface area contributed by atoms with Gasteiger partial charge in [-0.05, 0) is 0 Å². The van der Waals surface area contributed by atoms with Gasteiger partial charge in [0.05, 0.1) is 19.1 Å². The quantitative estimate of drug-likeness (QED) is 0.387. The van der Waals surface area contributed by atoms with E-state index in [-0.39, 0.29) is 24.7 Å². The van der Waals surface area contributed by atoms with E-state index in [0.29, 0.717) is 0 Å². The van der Waals surface area contributed by atoms with Crippen molar-refractivity contribution in [1.82, 2.24) is 9.97 Å². The lowest BCUT2D eigenvalue weighted by molar-refractivity contribution is -0.385. The highest BCUT2D eigenvalue weighted by molar-refractivity contribution is 5.80. The molecule has 0 bridgehead atoms. The summed E-state index contributed by atoms with van der Waals surface area (Å²) in [4.78, 5) is 41.0. The number of nitrogens with zero attached hydrogens (tertiary/aromatic N) is 4. The fourth-order valence-electron chi connectivity index (χ4n) is 1.21. The van der Waals surface area contributed by atoms with Crippen molar-refractivity contribution in [1.29, 1.82) is 0 Å². The second-order valence-electron chi connectivity index (χ2n) is 3.51. The average molecular weight is 284 g/mol. The molecule has 0 atom stereocenters. The van der Waals surface area contributed by atoms with Crippen LogP contribution < -0.4 is 4.90 Å². The van der Waals surface area contributed by atoms with Crippen LogP contribution in [0.3, 0.4) is 0 Å². The van der Waals surface area contributed by atoms with Gasteiger partial charge in [-0.3, -0.25) is 19.7 Å². The summed E-state index contributed by atoms with van der Waals surface area (Å²) in [6.07, 6.45) is 1.95. The molecule has 108 valence electrons. The minimum Gasteiger partial charge on any atom is -0.468 e. The van der Waals surface area contributed by atoms with Crippen molar-refractivity contribution in [2.75, 3.05) is 32.2 Å². The van der Waals surface area contributed by atoms with Gasteiger partial charge in [-0.2, -0.15) is 0 Å². The lowest BCUT2D eigenvalue weighted by atomic mass is 10.4. The van der Waals surface area contributed by atoms with E-state index in [4.69, 9.17) is 0 Å². The monoisotopic (exact) mass is 284 g/mol. The first-order valence-corrected chi connectivity index (χ1v) is 5.33. The van der Waals surface area contributed by atoms with Crippen LogP contribution in [0.25, 0.3) is 0 Å². The second kappa shape index (κ2) is 6.97. The molecule has 1 heterocycles. The highest BCUT2D eigenvalue weighted by atomic mass is 16.6. The summed E-state index contributed by atoms with van der Waals surface area (Å²) >= 11 is 0. The molecule has 0 aliphatic heterocycles. The van der Waals surface area contributed by atoms with E-state index >= 15 is 0 Å². The number of carbonyl (C=O) groups excluding carboxylic acids is 2. The van der Waals surface area contributed by atoms with Gasteiger partial charge in [0.1, 0.15) is 25.5 Å². The predicted octanol–water partition coefficient (Wildman–Crippen LogP) is -0.463. The van der Waals surface area contributed by atoms with E-state index < -0.39 is 16.9 Å². The Morgan fingerprint density at radius 3 is 2.00 bits per heavy atom. The van der Waals surface area contributed by atoms with Gasteiger partial charge < -0.3 is 14.4 Å². The minimum absolute atomic E-state index is 0.0219. The van der Waals surface area contributed by atoms with Crippen LogP contribution in [0.2, 0.25) is 0 Å². The van der Waals surface area contributed by atoms with Crippen molar-refractivity contribution in [3.8, 4) is 0 Å². The third-order valence-electron chi connectivity index (χ3n) is 2.21. The lowest BCUT2D eigenvalue weighted by Crippen LogP contribution is -2.36. The summed E-state index contributed by atoms with van der Waals surface area (Å²) in [6.45, 7) is -0.577. The van der Waals surface area contributed by atoms with Gasteiger partial charge in [0.25, 0.3) is 0 Å². The van der Waals surface area contributed by atoms with E-state index in [1.54, 1.807) is 0 Å². The number of ether oxygens (including phenoxy) is 2. The van der Waals surface area contributed by atoms with Crippen LogP contribution in [0.4, 0.5) is 11.6 Å². The summed E-state index contributed by atoms with van der Waals surface area (Å²) in [5.74, 6) is -1.25. The van der Waals surface area contributed by atoms with E-state index in [1.807, 2.05) is 0 Å². The molecule has 10 nitrogen and oxygen atoms in total. The Bertz CT molecular complexity index is 485. The molecular formula is C10H12N4O6. The molecule has 0 N–H and O–H groups in total. The summed E-state index contributed by atoms with van der Waals surface area (Å²) in [5.41, 5.74) is -0.301. The van der Waals surface area contributed by atoms with Gasteiger partial charge in [0.2, 0.25) is 5.95 Å². The highest BCUT2D eigenvalue weighted by Gasteiger charge is 2.19. The van der Waals surface area contributed by atoms with Gasteiger partial charge in [-0.25, -0.2) is 9.97 Å². The molecule has 0 radical (unpaired) electrons. The van der Waals surface area contributed by atoms with E-state index in [0.717, 1.165) is 12.4 Å². The first-order valence-electron chi connectivity index (χ1n) is 5.33. The number of nitro groups is 1. The smallest absolute Gasteiger partial charge is 0.325 e. The van der Waals surface area contributed by atoms with Crippen molar-refractivity contribution in [2.45, 2.75) is 0 Å². The molecule has 0 amide bonds. The Hall–Kier alpha value is -2.78. The van der Waals surface area contributed by atoms with Gasteiger partial charge in [-0.1, -0.05) is 0 Å². The van der Waals surface area contributed by atoms with Crippen molar-refractivity contribution in [2.24, 2.45) is 0 Å². The number of anilines is 1. The largest absolute Gasteiger partial charge is 0.468 e. The second-order valence-corrected chi connectivity index (χ2v) is 3.51. The first kappa shape index (κ1) is 15.3. The summed E-state index contributed by atoms with van der Waals surface area (Å²) in [5, 5.41) is 10.5. The van der Waals surface area contributed by atoms with Crippen LogP contribution in [0.1, 0.15) is 0 Å². The number of carbonyl (C=O) groups is 2. The van der Waals surface area contributed by atoms with E-state index in [9.17, 15) is 19.7 Å². The van der Waals surface area contributed by atoms with Crippen molar-refractivity contribution in [3.63, 3.8) is 0 Å².